The second-order valence-corrected chi connectivity index (χ2v) is 8.86. The van der Waals surface area contributed by atoms with Crippen LogP contribution in [-0.4, -0.2) is 66.0 Å². The molecule has 2 aromatic heterocycles. The van der Waals surface area contributed by atoms with Gasteiger partial charge in [-0.05, 0) is 19.3 Å². The Bertz CT molecular complexity index is 932. The molecule has 0 aromatic carbocycles. The van der Waals surface area contributed by atoms with Crippen molar-refractivity contribution < 1.29 is 38.6 Å². The number of hydrogen-bond acceptors (Lipinski definition) is 8. The SMILES string of the molecule is CCC(CCO[C@H]([C@H](O)CO)[n+]1cn(C)c2c(=O)[nH]cnc21)OP(=O)(O)C(O)CC. The Morgan fingerprint density at radius 1 is 1.33 bits per heavy atom. The van der Waals surface area contributed by atoms with E-state index in [0.717, 1.165) is 0 Å². The van der Waals surface area contributed by atoms with Crippen LogP contribution in [0, 0.1) is 0 Å². The minimum Gasteiger partial charge on any atom is -0.393 e. The van der Waals surface area contributed by atoms with E-state index in [-0.39, 0.29) is 36.2 Å². The Hall–Kier alpha value is -1.66. The molecule has 0 spiro atoms. The number of ether oxygens (including phenoxy) is 1. The van der Waals surface area contributed by atoms with Crippen LogP contribution in [0.1, 0.15) is 39.3 Å². The minimum atomic E-state index is -4.18. The predicted octanol–water partition coefficient (Wildman–Crippen LogP) is -0.483. The van der Waals surface area contributed by atoms with E-state index >= 15 is 0 Å². The number of fused-ring (bicyclic) bond motifs is 1. The highest BCUT2D eigenvalue weighted by atomic mass is 31.2. The van der Waals surface area contributed by atoms with Gasteiger partial charge in [0.1, 0.15) is 6.10 Å². The van der Waals surface area contributed by atoms with E-state index in [1.807, 2.05) is 0 Å². The van der Waals surface area contributed by atoms with Crippen LogP contribution in [0.4, 0.5) is 0 Å². The van der Waals surface area contributed by atoms with E-state index in [9.17, 15) is 29.6 Å². The third kappa shape index (κ3) is 5.52. The Labute approximate surface area is 173 Å². The smallest absolute Gasteiger partial charge is 0.356 e. The van der Waals surface area contributed by atoms with Crippen LogP contribution < -0.4 is 10.1 Å². The van der Waals surface area contributed by atoms with Crippen LogP contribution in [0.2, 0.25) is 0 Å². The molecule has 13 heteroatoms. The number of aliphatic hydroxyl groups is 3. The molecule has 2 aromatic rings. The summed E-state index contributed by atoms with van der Waals surface area (Å²) in [6.45, 7) is 2.75. The number of nitrogens with one attached hydrogen (secondary N) is 1. The van der Waals surface area contributed by atoms with Crippen molar-refractivity contribution in [3.05, 3.63) is 23.0 Å². The van der Waals surface area contributed by atoms with Crippen molar-refractivity contribution in [1.82, 2.24) is 14.5 Å². The number of nitrogens with zero attached hydrogens (tertiary/aromatic N) is 3. The van der Waals surface area contributed by atoms with Crippen molar-refractivity contribution in [2.75, 3.05) is 13.2 Å². The van der Waals surface area contributed by atoms with Crippen LogP contribution in [0.5, 0.6) is 0 Å². The summed E-state index contributed by atoms with van der Waals surface area (Å²) in [7, 11) is -2.55. The number of aliphatic hydroxyl groups excluding tert-OH is 3. The summed E-state index contributed by atoms with van der Waals surface area (Å²) in [5.74, 6) is -1.47. The van der Waals surface area contributed by atoms with Gasteiger partial charge in [-0.1, -0.05) is 18.8 Å². The molecular formula is C17H30N4O8P+. The molecule has 0 saturated heterocycles. The average Bonchev–Trinajstić information content (AvgIpc) is 3.06. The average molecular weight is 449 g/mol. The maximum Gasteiger partial charge on any atom is 0.356 e. The Balaban J connectivity index is 2.16. The van der Waals surface area contributed by atoms with Crippen LogP contribution in [0.3, 0.4) is 0 Å². The fourth-order valence-electron chi connectivity index (χ4n) is 3.01. The van der Waals surface area contributed by atoms with Gasteiger partial charge in [0.15, 0.2) is 18.5 Å². The zero-order chi connectivity index (χ0) is 22.5. The van der Waals surface area contributed by atoms with Gasteiger partial charge in [-0.25, -0.2) is 4.57 Å². The lowest BCUT2D eigenvalue weighted by molar-refractivity contribution is -0.751. The lowest BCUT2D eigenvalue weighted by atomic mass is 10.2. The number of imidazole rings is 1. The predicted molar refractivity (Wildman–Crippen MR) is 106 cm³/mol. The first-order valence-electron chi connectivity index (χ1n) is 9.69. The van der Waals surface area contributed by atoms with Gasteiger partial charge >= 0.3 is 13.2 Å². The lowest BCUT2D eigenvalue weighted by Crippen LogP contribution is -2.48. The molecule has 5 N–H and O–H groups in total. The zero-order valence-corrected chi connectivity index (χ0v) is 18.1. The molecule has 2 heterocycles. The third-order valence-electron chi connectivity index (χ3n) is 4.72. The van der Waals surface area contributed by atoms with Crippen molar-refractivity contribution in [2.24, 2.45) is 7.05 Å². The summed E-state index contributed by atoms with van der Waals surface area (Å²) in [5.41, 5.74) is 0.153. The van der Waals surface area contributed by atoms with Gasteiger partial charge in [-0.2, -0.15) is 0 Å². The molecule has 12 nitrogen and oxygen atoms in total. The first kappa shape index (κ1) is 24.6. The highest BCUT2D eigenvalue weighted by molar-refractivity contribution is 7.53. The van der Waals surface area contributed by atoms with Gasteiger partial charge in [0, 0.05) is 0 Å². The quantitative estimate of drug-likeness (QED) is 0.212. The second-order valence-electron chi connectivity index (χ2n) is 6.93. The van der Waals surface area contributed by atoms with Crippen LogP contribution in [0.25, 0.3) is 11.2 Å². The minimum absolute atomic E-state index is 0.00896. The molecule has 5 atom stereocenters. The molecule has 0 radical (unpaired) electrons. The maximum atomic E-state index is 12.1. The summed E-state index contributed by atoms with van der Waals surface area (Å²) in [5, 5.41) is 29.3. The van der Waals surface area contributed by atoms with Crippen LogP contribution in [-0.2, 0) is 20.9 Å². The summed E-state index contributed by atoms with van der Waals surface area (Å²) in [4.78, 5) is 28.5. The van der Waals surface area contributed by atoms with E-state index in [1.54, 1.807) is 20.9 Å². The molecule has 30 heavy (non-hydrogen) atoms. The summed E-state index contributed by atoms with van der Waals surface area (Å²) in [6.07, 6.45) is 0.386. The highest BCUT2D eigenvalue weighted by Crippen LogP contribution is 2.49. The van der Waals surface area contributed by atoms with Crippen molar-refractivity contribution >= 4 is 18.8 Å². The van der Waals surface area contributed by atoms with Crippen molar-refractivity contribution in [1.29, 1.82) is 0 Å². The standard InChI is InChI=1S/C17H29N4O8P/c1-4-11(29-30(26,27)13(24)5-2)6-7-28-17(12(23)8-22)21-10-20(3)14-15(21)18-9-19-16(14)25/h9-13,17,22-24H,4-8H2,1-3H3,(H-,18,19,25,26,27)/p+1/t11?,12-,13?,17-/m1/s1. The third-order valence-corrected chi connectivity index (χ3v) is 6.44. The van der Waals surface area contributed by atoms with Gasteiger partial charge < -0.3 is 29.5 Å². The molecule has 2 rings (SSSR count). The van der Waals surface area contributed by atoms with Gasteiger partial charge in [-0.15, -0.1) is 0 Å². The molecule has 0 aliphatic heterocycles. The van der Waals surface area contributed by atoms with Crippen LogP contribution in [0.15, 0.2) is 17.4 Å². The molecular weight excluding hydrogens is 419 g/mol. The summed E-state index contributed by atoms with van der Waals surface area (Å²) < 4.78 is 26.0. The number of H-pyrrole nitrogens is 1. The molecule has 0 aliphatic carbocycles. The fourth-order valence-corrected chi connectivity index (χ4v) is 4.29. The van der Waals surface area contributed by atoms with E-state index < -0.39 is 38.5 Å². The molecule has 3 unspecified atom stereocenters. The molecule has 0 fully saturated rings. The van der Waals surface area contributed by atoms with Gasteiger partial charge in [0.2, 0.25) is 11.7 Å². The molecule has 0 aliphatic rings. The molecule has 0 saturated carbocycles. The Kier molecular flexibility index (Phi) is 8.68. The fraction of sp³-hybridized carbons (Fsp3) is 0.706. The van der Waals surface area contributed by atoms with Gasteiger partial charge in [0.25, 0.3) is 5.56 Å². The van der Waals surface area contributed by atoms with Crippen molar-refractivity contribution in [3.63, 3.8) is 0 Å². The van der Waals surface area contributed by atoms with Crippen molar-refractivity contribution in [2.45, 2.75) is 57.4 Å². The Morgan fingerprint density at radius 3 is 2.63 bits per heavy atom. The number of hydrogen-bond donors (Lipinski definition) is 5. The van der Waals surface area contributed by atoms with Crippen LogP contribution >= 0.6 is 7.60 Å². The lowest BCUT2D eigenvalue weighted by Gasteiger charge is -2.24. The largest absolute Gasteiger partial charge is 0.393 e. The first-order chi connectivity index (χ1) is 14.2. The van der Waals surface area contributed by atoms with E-state index in [2.05, 4.69) is 9.97 Å². The molecule has 0 amide bonds. The number of rotatable bonds is 12. The van der Waals surface area contributed by atoms with Gasteiger partial charge in [-0.3, -0.25) is 18.9 Å². The molecule has 170 valence electrons. The van der Waals surface area contributed by atoms with Gasteiger partial charge in [0.05, 0.1) is 26.4 Å². The topological polar surface area (TPSA) is 171 Å². The number of aromatic amines is 1. The normalized spacial score (nSPS) is 18.1. The van der Waals surface area contributed by atoms with E-state index in [4.69, 9.17) is 9.26 Å². The second kappa shape index (κ2) is 10.6. The molecule has 0 bridgehead atoms. The van der Waals surface area contributed by atoms with E-state index in [1.165, 1.54) is 21.8 Å². The van der Waals surface area contributed by atoms with Crippen molar-refractivity contribution in [3.8, 4) is 0 Å². The monoisotopic (exact) mass is 449 g/mol. The first-order valence-corrected chi connectivity index (χ1v) is 11.3. The van der Waals surface area contributed by atoms with E-state index in [0.29, 0.717) is 6.42 Å². The highest BCUT2D eigenvalue weighted by Gasteiger charge is 2.33. The maximum absolute atomic E-state index is 12.1. The zero-order valence-electron chi connectivity index (χ0n) is 17.2. The number of aryl methyl sites for hydroxylation is 1. The number of aromatic nitrogens is 4. The summed E-state index contributed by atoms with van der Waals surface area (Å²) in [6, 6.07) is 0. The summed E-state index contributed by atoms with van der Waals surface area (Å²) >= 11 is 0. The Morgan fingerprint density at radius 2 is 2.03 bits per heavy atom.